The van der Waals surface area contributed by atoms with Crippen LogP contribution in [0.3, 0.4) is 0 Å². The summed E-state index contributed by atoms with van der Waals surface area (Å²) in [5.74, 6) is 0.353. The van der Waals surface area contributed by atoms with Gasteiger partial charge in [-0.1, -0.05) is 255 Å². The highest BCUT2D eigenvalue weighted by Gasteiger charge is 2.46. The molecule has 0 radical (unpaired) electrons. The molecule has 17 rings (SSSR count). The second kappa shape index (κ2) is 23.6. The minimum atomic E-state index is -0.186. The Bertz CT molecular complexity index is 5320. The van der Waals surface area contributed by atoms with E-state index < -0.39 is 0 Å². The second-order valence-corrected chi connectivity index (χ2v) is 29.5. The van der Waals surface area contributed by atoms with Crippen molar-refractivity contribution in [2.24, 2.45) is 0 Å². The van der Waals surface area contributed by atoms with Gasteiger partial charge in [0.25, 0.3) is 6.71 Å². The van der Waals surface area contributed by atoms with Crippen molar-refractivity contribution in [2.75, 3.05) is 9.80 Å². The standard InChI is InChI=1S/C92H81BN4/c1-9-10-31-60(2)74-54-66(91(3,4)5)55-75(62-34-17-12-18-35-62)89(74)96-84-58-68(94-80-44-27-23-40-70(80)71-41-24-28-45-81(71)94)48-50-78(84)93-79-51-49-69(95-82-46-29-25-42-72(82)73-43-26-30-47-83(73)95)59-85(79)97(87-53-65(52-86(96)88(87)93)61-32-15-11-16-33-61)90-76(63-36-19-13-20-37-63)56-67(92(6,7)8)57-77(90)64-38-21-14-22-39-64/h9-10,12-14,17-31,34-59,61H,11,15-16,32-33H2,1-8H3/b10-9-,60-31+. The van der Waals surface area contributed by atoms with Gasteiger partial charge in [-0.15, -0.1) is 0 Å². The second-order valence-electron chi connectivity index (χ2n) is 29.5. The fraction of sp³-hybridized carbons (Fsp3) is 0.174. The van der Waals surface area contributed by atoms with E-state index in [4.69, 9.17) is 0 Å². The topological polar surface area (TPSA) is 16.3 Å². The Morgan fingerprint density at radius 3 is 1.20 bits per heavy atom. The summed E-state index contributed by atoms with van der Waals surface area (Å²) in [6, 6.07) is 100. The molecule has 1 fully saturated rings. The van der Waals surface area contributed by atoms with Crippen LogP contribution in [0.1, 0.15) is 116 Å². The van der Waals surface area contributed by atoms with Gasteiger partial charge in [-0.3, -0.25) is 0 Å². The van der Waals surface area contributed by atoms with Gasteiger partial charge in [-0.05, 0) is 184 Å². The van der Waals surface area contributed by atoms with Crippen molar-refractivity contribution in [3.8, 4) is 44.8 Å². The lowest BCUT2D eigenvalue weighted by atomic mass is 9.33. The average molecular weight is 1250 g/mol. The molecule has 4 nitrogen and oxygen atoms in total. The lowest BCUT2D eigenvalue weighted by Gasteiger charge is -2.46. The van der Waals surface area contributed by atoms with Gasteiger partial charge in [0.05, 0.1) is 33.4 Å². The van der Waals surface area contributed by atoms with E-state index in [1.807, 2.05) is 0 Å². The molecule has 1 aliphatic carbocycles. The van der Waals surface area contributed by atoms with Crippen molar-refractivity contribution in [1.82, 2.24) is 9.13 Å². The van der Waals surface area contributed by atoms with Crippen molar-refractivity contribution in [1.29, 1.82) is 0 Å². The van der Waals surface area contributed by atoms with Crippen LogP contribution in [0.25, 0.3) is 93.9 Å². The first-order valence-corrected chi connectivity index (χ1v) is 35.2. The Labute approximate surface area is 572 Å². The number of rotatable bonds is 10. The predicted molar refractivity (Wildman–Crippen MR) is 417 cm³/mol. The van der Waals surface area contributed by atoms with Crippen molar-refractivity contribution in [3.63, 3.8) is 0 Å². The lowest BCUT2D eigenvalue weighted by Crippen LogP contribution is -2.61. The molecule has 0 bridgehead atoms. The van der Waals surface area contributed by atoms with Crippen molar-refractivity contribution in [3.05, 3.63) is 301 Å². The van der Waals surface area contributed by atoms with Crippen LogP contribution in [0, 0.1) is 0 Å². The highest BCUT2D eigenvalue weighted by atomic mass is 15.2. The summed E-state index contributed by atoms with van der Waals surface area (Å²) >= 11 is 0. The van der Waals surface area contributed by atoms with E-state index in [1.54, 1.807) is 0 Å². The van der Waals surface area contributed by atoms with Gasteiger partial charge in [0.15, 0.2) is 0 Å². The Morgan fingerprint density at radius 2 is 0.784 bits per heavy atom. The number of allylic oxidation sites excluding steroid dienone is 4. The van der Waals surface area contributed by atoms with Crippen LogP contribution in [-0.4, -0.2) is 15.8 Å². The smallest absolute Gasteiger partial charge is 0.252 e. The monoisotopic (exact) mass is 1250 g/mol. The molecule has 14 aromatic rings. The highest BCUT2D eigenvalue weighted by Crippen LogP contribution is 2.55. The first kappa shape index (κ1) is 60.1. The van der Waals surface area contributed by atoms with Crippen molar-refractivity contribution in [2.45, 2.75) is 104 Å². The largest absolute Gasteiger partial charge is 0.310 e. The number of anilines is 6. The highest BCUT2D eigenvalue weighted by molar-refractivity contribution is 7.00. The third-order valence-electron chi connectivity index (χ3n) is 21.4. The molecule has 0 amide bonds. The van der Waals surface area contributed by atoms with E-state index in [-0.39, 0.29) is 17.5 Å². The summed E-state index contributed by atoms with van der Waals surface area (Å²) in [6.07, 6.45) is 12.7. The number of nitrogens with zero attached hydrogens (tertiary/aromatic N) is 4. The van der Waals surface area contributed by atoms with Gasteiger partial charge in [0, 0.05) is 77.9 Å². The SMILES string of the molecule is C/C=C\C=C(/C)c1cc(C(C)(C)C)cc(-c2ccccc2)c1N1c2cc(-n3c4ccccc4c4ccccc43)ccc2B2c3ccc(-n4c5ccccc5c5ccccc54)cc3N(c3c(-c4ccccc4)cc(C(C)(C)C)cc3-c3ccccc3)c3cc(C4CCCCC4)cc1c32. The molecule has 472 valence electrons. The molecule has 5 heteroatoms. The first-order valence-electron chi connectivity index (χ1n) is 35.2. The van der Waals surface area contributed by atoms with E-state index in [9.17, 15) is 0 Å². The Balaban J connectivity index is 1.07. The van der Waals surface area contributed by atoms with Crippen LogP contribution in [0.5, 0.6) is 0 Å². The fourth-order valence-corrected chi connectivity index (χ4v) is 16.6. The molecule has 0 unspecified atom stereocenters. The number of fused-ring (bicyclic) bond motifs is 10. The maximum absolute atomic E-state index is 2.78. The Hall–Kier alpha value is -10.6. The molecule has 0 atom stereocenters. The minimum absolute atomic E-state index is 0.163. The predicted octanol–water partition coefficient (Wildman–Crippen LogP) is 23.6. The Morgan fingerprint density at radius 1 is 0.402 bits per heavy atom. The molecule has 12 aromatic carbocycles. The summed E-state index contributed by atoms with van der Waals surface area (Å²) in [6.45, 7) is 18.5. The van der Waals surface area contributed by atoms with Crippen LogP contribution in [0.2, 0.25) is 0 Å². The van der Waals surface area contributed by atoms with Crippen LogP contribution < -0.4 is 26.2 Å². The molecular weight excluding hydrogens is 1170 g/mol. The maximum atomic E-state index is 2.78. The maximum Gasteiger partial charge on any atom is 0.252 e. The zero-order valence-electron chi connectivity index (χ0n) is 57.0. The van der Waals surface area contributed by atoms with E-state index in [1.165, 1.54) is 175 Å². The van der Waals surface area contributed by atoms with Crippen molar-refractivity contribution < 1.29 is 0 Å². The van der Waals surface area contributed by atoms with Crippen LogP contribution in [0.4, 0.5) is 34.1 Å². The summed E-state index contributed by atoms with van der Waals surface area (Å²) in [5.41, 5.74) is 31.3. The molecule has 1 saturated carbocycles. The van der Waals surface area contributed by atoms with Crippen LogP contribution in [0.15, 0.2) is 279 Å². The van der Waals surface area contributed by atoms with E-state index >= 15 is 0 Å². The quantitative estimate of drug-likeness (QED) is 0.100. The number of hydrogen-bond acceptors (Lipinski definition) is 2. The van der Waals surface area contributed by atoms with Gasteiger partial charge in [0.1, 0.15) is 0 Å². The molecule has 2 aromatic heterocycles. The van der Waals surface area contributed by atoms with E-state index in [0.29, 0.717) is 5.92 Å². The molecule has 0 saturated heterocycles. The minimum Gasteiger partial charge on any atom is -0.310 e. The first-order chi connectivity index (χ1) is 47.3. The molecule has 97 heavy (non-hydrogen) atoms. The summed E-state index contributed by atoms with van der Waals surface area (Å²) in [7, 11) is 0. The molecule has 3 aliphatic rings. The van der Waals surface area contributed by atoms with E-state index in [2.05, 4.69) is 353 Å². The Kier molecular flexibility index (Phi) is 14.6. The lowest BCUT2D eigenvalue weighted by molar-refractivity contribution is 0.444. The zero-order valence-corrected chi connectivity index (χ0v) is 57.0. The third-order valence-corrected chi connectivity index (χ3v) is 21.4. The molecule has 0 N–H and O–H groups in total. The summed E-state index contributed by atoms with van der Waals surface area (Å²) in [4.78, 5) is 5.56. The average Bonchev–Trinajstić information content (AvgIpc) is 1.47. The molecule has 2 aliphatic heterocycles. The summed E-state index contributed by atoms with van der Waals surface area (Å²) in [5, 5.41) is 4.99. The molecular formula is C92H81BN4. The number of para-hydroxylation sites is 4. The molecule has 4 heterocycles. The number of aromatic nitrogens is 2. The third kappa shape index (κ3) is 10.0. The van der Waals surface area contributed by atoms with Gasteiger partial charge in [-0.25, -0.2) is 0 Å². The van der Waals surface area contributed by atoms with E-state index in [0.717, 1.165) is 24.2 Å². The fourth-order valence-electron chi connectivity index (χ4n) is 16.6. The van der Waals surface area contributed by atoms with Gasteiger partial charge in [0.2, 0.25) is 0 Å². The van der Waals surface area contributed by atoms with Crippen molar-refractivity contribution >= 4 is 106 Å². The number of benzene rings is 12. The van der Waals surface area contributed by atoms with Crippen LogP contribution >= 0.6 is 0 Å². The van der Waals surface area contributed by atoms with Crippen LogP contribution in [-0.2, 0) is 10.8 Å². The normalized spacial score (nSPS) is 14.3. The van der Waals surface area contributed by atoms with Gasteiger partial charge in [-0.2, -0.15) is 0 Å². The number of hydrogen-bond donors (Lipinski definition) is 0. The summed E-state index contributed by atoms with van der Waals surface area (Å²) < 4.78 is 5.04. The van der Waals surface area contributed by atoms with Gasteiger partial charge >= 0.3 is 0 Å². The zero-order chi connectivity index (χ0) is 65.8. The molecule has 0 spiro atoms. The van der Waals surface area contributed by atoms with Gasteiger partial charge < -0.3 is 18.9 Å².